The summed E-state index contributed by atoms with van der Waals surface area (Å²) in [5.41, 5.74) is 2.96. The molecule has 0 aliphatic carbocycles. The van der Waals surface area contributed by atoms with Gasteiger partial charge >= 0.3 is 0 Å². The van der Waals surface area contributed by atoms with Crippen LogP contribution in [0.1, 0.15) is 21.5 Å². The molecule has 0 unspecified atom stereocenters. The molecule has 0 saturated carbocycles. The second-order valence-electron chi connectivity index (χ2n) is 6.27. The van der Waals surface area contributed by atoms with Crippen molar-refractivity contribution in [2.24, 2.45) is 0 Å². The third kappa shape index (κ3) is 3.80. The number of anilines is 1. The molecule has 1 saturated heterocycles. The minimum absolute atomic E-state index is 0.119. The molecule has 0 atom stereocenters. The molecule has 1 amide bonds. The highest BCUT2D eigenvalue weighted by Crippen LogP contribution is 2.22. The van der Waals surface area contributed by atoms with Crippen LogP contribution in [0.2, 0.25) is 0 Å². The number of carbonyl (C=O) groups is 1. The maximum absolute atomic E-state index is 12.8. The molecule has 1 heterocycles. The first-order valence-corrected chi connectivity index (χ1v) is 9.89. The van der Waals surface area contributed by atoms with Crippen molar-refractivity contribution in [3.63, 3.8) is 0 Å². The molecule has 1 fully saturated rings. The Kier molecular flexibility index (Phi) is 5.41. The van der Waals surface area contributed by atoms with Gasteiger partial charge in [0.1, 0.15) is 0 Å². The molecule has 2 aromatic rings. The van der Waals surface area contributed by atoms with Gasteiger partial charge in [-0.15, -0.1) is 0 Å². The Morgan fingerprint density at radius 2 is 1.65 bits per heavy atom. The maximum atomic E-state index is 12.8. The summed E-state index contributed by atoms with van der Waals surface area (Å²) < 4.78 is 32.1. The Labute approximate surface area is 153 Å². The lowest BCUT2D eigenvalue weighted by Gasteiger charge is -2.26. The minimum Gasteiger partial charge on any atom is -0.379 e. The van der Waals surface area contributed by atoms with E-state index in [1.807, 2.05) is 32.0 Å². The molecule has 138 valence electrons. The molecular weight excluding hydrogens is 352 g/mol. The maximum Gasteiger partial charge on any atom is 0.255 e. The van der Waals surface area contributed by atoms with E-state index < -0.39 is 10.0 Å². The SMILES string of the molecule is Cc1cccc(C)c1NC(=O)c1cccc(S(=O)(=O)N2CCOCC2)c1. The van der Waals surface area contributed by atoms with Gasteiger partial charge in [-0.1, -0.05) is 24.3 Å². The van der Waals surface area contributed by atoms with Crippen molar-refractivity contribution in [2.75, 3.05) is 31.6 Å². The van der Waals surface area contributed by atoms with Gasteiger partial charge in [0, 0.05) is 24.3 Å². The van der Waals surface area contributed by atoms with Gasteiger partial charge in [-0.25, -0.2) is 8.42 Å². The van der Waals surface area contributed by atoms with Gasteiger partial charge < -0.3 is 10.1 Å². The third-order valence-corrected chi connectivity index (χ3v) is 6.32. The molecule has 3 rings (SSSR count). The van der Waals surface area contributed by atoms with Gasteiger partial charge in [0.05, 0.1) is 18.1 Å². The van der Waals surface area contributed by atoms with E-state index in [-0.39, 0.29) is 10.8 Å². The number of morpholine rings is 1. The van der Waals surface area contributed by atoms with Gasteiger partial charge in [0.2, 0.25) is 10.0 Å². The zero-order valence-electron chi connectivity index (χ0n) is 14.9. The van der Waals surface area contributed by atoms with Crippen molar-refractivity contribution in [3.8, 4) is 0 Å². The summed E-state index contributed by atoms with van der Waals surface area (Å²) in [5, 5.41) is 2.89. The van der Waals surface area contributed by atoms with E-state index in [2.05, 4.69) is 5.32 Å². The summed E-state index contributed by atoms with van der Waals surface area (Å²) in [6.45, 7) is 5.24. The molecule has 1 N–H and O–H groups in total. The standard InChI is InChI=1S/C19H22N2O4S/c1-14-5-3-6-15(2)18(14)20-19(22)16-7-4-8-17(13-16)26(23,24)21-9-11-25-12-10-21/h3-8,13H,9-12H2,1-2H3,(H,20,22). The Morgan fingerprint density at radius 3 is 2.31 bits per heavy atom. The highest BCUT2D eigenvalue weighted by Gasteiger charge is 2.26. The number of carbonyl (C=O) groups excluding carboxylic acids is 1. The van der Waals surface area contributed by atoms with Crippen molar-refractivity contribution >= 4 is 21.6 Å². The van der Waals surface area contributed by atoms with Crippen LogP contribution in [0.15, 0.2) is 47.4 Å². The smallest absolute Gasteiger partial charge is 0.255 e. The van der Waals surface area contributed by atoms with E-state index in [0.717, 1.165) is 16.8 Å². The summed E-state index contributed by atoms with van der Waals surface area (Å²) >= 11 is 0. The monoisotopic (exact) mass is 374 g/mol. The van der Waals surface area contributed by atoms with Crippen LogP contribution in [0.25, 0.3) is 0 Å². The molecule has 0 radical (unpaired) electrons. The quantitative estimate of drug-likeness (QED) is 0.892. The van der Waals surface area contributed by atoms with Crippen LogP contribution in [-0.4, -0.2) is 44.9 Å². The zero-order chi connectivity index (χ0) is 18.7. The number of nitrogens with one attached hydrogen (secondary N) is 1. The highest BCUT2D eigenvalue weighted by atomic mass is 32.2. The predicted octanol–water partition coefficient (Wildman–Crippen LogP) is 2.58. The topological polar surface area (TPSA) is 75.7 Å². The largest absolute Gasteiger partial charge is 0.379 e. The fourth-order valence-electron chi connectivity index (χ4n) is 2.93. The summed E-state index contributed by atoms with van der Waals surface area (Å²) in [6, 6.07) is 11.9. The number of rotatable bonds is 4. The summed E-state index contributed by atoms with van der Waals surface area (Å²) in [6.07, 6.45) is 0. The first kappa shape index (κ1) is 18.6. The molecule has 2 aromatic carbocycles. The van der Waals surface area contributed by atoms with Gasteiger partial charge in [-0.2, -0.15) is 4.31 Å². The first-order chi connectivity index (χ1) is 12.4. The lowest BCUT2D eigenvalue weighted by atomic mass is 10.1. The van der Waals surface area contributed by atoms with E-state index in [0.29, 0.717) is 31.9 Å². The van der Waals surface area contributed by atoms with E-state index in [9.17, 15) is 13.2 Å². The van der Waals surface area contributed by atoms with Gasteiger partial charge in [-0.05, 0) is 43.2 Å². The summed E-state index contributed by atoms with van der Waals surface area (Å²) in [7, 11) is -3.63. The van der Waals surface area contributed by atoms with Crippen molar-refractivity contribution in [2.45, 2.75) is 18.7 Å². The van der Waals surface area contributed by atoms with Crippen molar-refractivity contribution in [1.82, 2.24) is 4.31 Å². The second-order valence-corrected chi connectivity index (χ2v) is 8.20. The Morgan fingerprint density at radius 1 is 1.04 bits per heavy atom. The molecule has 0 aromatic heterocycles. The van der Waals surface area contributed by atoms with Crippen LogP contribution in [0, 0.1) is 13.8 Å². The first-order valence-electron chi connectivity index (χ1n) is 8.45. The van der Waals surface area contributed by atoms with Crippen LogP contribution in [0.3, 0.4) is 0 Å². The number of amides is 1. The molecule has 1 aliphatic heterocycles. The Hall–Kier alpha value is -2.22. The predicted molar refractivity (Wildman–Crippen MR) is 99.9 cm³/mol. The number of para-hydroxylation sites is 1. The second kappa shape index (κ2) is 7.57. The van der Waals surface area contributed by atoms with Crippen LogP contribution < -0.4 is 5.32 Å². The van der Waals surface area contributed by atoms with Crippen LogP contribution in [0.5, 0.6) is 0 Å². The van der Waals surface area contributed by atoms with Crippen molar-refractivity contribution in [3.05, 3.63) is 59.2 Å². The van der Waals surface area contributed by atoms with Gasteiger partial charge in [0.15, 0.2) is 0 Å². The number of aryl methyl sites for hydroxylation is 2. The van der Waals surface area contributed by atoms with E-state index >= 15 is 0 Å². The van der Waals surface area contributed by atoms with E-state index in [1.165, 1.54) is 16.4 Å². The normalized spacial score (nSPS) is 15.6. The van der Waals surface area contributed by atoms with Gasteiger partial charge in [-0.3, -0.25) is 4.79 Å². The number of sulfonamides is 1. The van der Waals surface area contributed by atoms with E-state index in [1.54, 1.807) is 12.1 Å². The number of hydrogen-bond acceptors (Lipinski definition) is 4. The Balaban J connectivity index is 1.86. The van der Waals surface area contributed by atoms with Gasteiger partial charge in [0.25, 0.3) is 5.91 Å². The highest BCUT2D eigenvalue weighted by molar-refractivity contribution is 7.89. The third-order valence-electron chi connectivity index (χ3n) is 4.42. The van der Waals surface area contributed by atoms with Crippen LogP contribution >= 0.6 is 0 Å². The lowest BCUT2D eigenvalue weighted by Crippen LogP contribution is -2.40. The fraction of sp³-hybridized carbons (Fsp3) is 0.316. The Bertz CT molecular complexity index is 899. The van der Waals surface area contributed by atoms with E-state index in [4.69, 9.17) is 4.74 Å². The average Bonchev–Trinajstić information content (AvgIpc) is 2.65. The number of nitrogens with zero attached hydrogens (tertiary/aromatic N) is 1. The summed E-state index contributed by atoms with van der Waals surface area (Å²) in [4.78, 5) is 12.8. The molecule has 0 spiro atoms. The van der Waals surface area contributed by atoms with Crippen molar-refractivity contribution < 1.29 is 17.9 Å². The van der Waals surface area contributed by atoms with Crippen molar-refractivity contribution in [1.29, 1.82) is 0 Å². The van der Waals surface area contributed by atoms with Crippen LogP contribution in [0.4, 0.5) is 5.69 Å². The average molecular weight is 374 g/mol. The molecular formula is C19H22N2O4S. The molecule has 7 heteroatoms. The molecule has 26 heavy (non-hydrogen) atoms. The molecule has 6 nitrogen and oxygen atoms in total. The number of hydrogen-bond donors (Lipinski definition) is 1. The lowest BCUT2D eigenvalue weighted by molar-refractivity contribution is 0.0730. The van der Waals surface area contributed by atoms with Crippen LogP contribution in [-0.2, 0) is 14.8 Å². The number of benzene rings is 2. The summed E-state index contributed by atoms with van der Waals surface area (Å²) in [5.74, 6) is -0.332. The molecule has 0 bridgehead atoms. The zero-order valence-corrected chi connectivity index (χ0v) is 15.7. The molecule has 1 aliphatic rings. The number of ether oxygens (including phenoxy) is 1. The fourth-order valence-corrected chi connectivity index (χ4v) is 4.39. The minimum atomic E-state index is -3.63.